The van der Waals surface area contributed by atoms with Gasteiger partial charge in [-0.1, -0.05) is 18.2 Å². The second kappa shape index (κ2) is 4.75. The minimum absolute atomic E-state index is 0.0319. The summed E-state index contributed by atoms with van der Waals surface area (Å²) in [7, 11) is 0. The van der Waals surface area contributed by atoms with Gasteiger partial charge in [0.25, 0.3) is 0 Å². The van der Waals surface area contributed by atoms with E-state index in [2.05, 4.69) is 4.98 Å². The van der Waals surface area contributed by atoms with Gasteiger partial charge in [-0.3, -0.25) is 4.79 Å². The molecule has 2 aromatic rings. The highest BCUT2D eigenvalue weighted by atomic mass is 19.1. The topological polar surface area (TPSA) is 32.9 Å². The van der Waals surface area contributed by atoms with E-state index in [4.69, 9.17) is 0 Å². The van der Waals surface area contributed by atoms with Crippen LogP contribution in [0, 0.1) is 5.82 Å². The molecule has 16 heavy (non-hydrogen) atoms. The van der Waals surface area contributed by atoms with Gasteiger partial charge in [0.1, 0.15) is 5.82 Å². The maximum atomic E-state index is 13.3. The number of carbonyl (C=O) groups excluding carboxylic acids is 1. The van der Waals surface area contributed by atoms with Gasteiger partial charge in [-0.15, -0.1) is 0 Å². The fourth-order valence-corrected chi connectivity index (χ4v) is 1.59. The number of hydrogen-bond acceptors (Lipinski definition) is 1. The Morgan fingerprint density at radius 1 is 1.25 bits per heavy atom. The molecule has 2 rings (SSSR count). The first kappa shape index (κ1) is 10.6. The van der Waals surface area contributed by atoms with Crippen molar-refractivity contribution in [3.05, 3.63) is 59.7 Å². The lowest BCUT2D eigenvalue weighted by Crippen LogP contribution is -2.00. The lowest BCUT2D eigenvalue weighted by Gasteiger charge is -2.01. The minimum Gasteiger partial charge on any atom is -0.367 e. The standard InChI is InChI=1S/C13H12FNO/c14-12-4-2-1-3-10(12)5-6-13(16)11-7-8-15-9-11/h1-4,7-9,15H,5-6H2. The quantitative estimate of drug-likeness (QED) is 0.784. The molecule has 0 fully saturated rings. The molecule has 3 heteroatoms. The van der Waals surface area contributed by atoms with Gasteiger partial charge in [0.15, 0.2) is 5.78 Å². The van der Waals surface area contributed by atoms with Crippen LogP contribution in [0.3, 0.4) is 0 Å². The summed E-state index contributed by atoms with van der Waals surface area (Å²) in [6.45, 7) is 0. The number of halogens is 1. The number of rotatable bonds is 4. The van der Waals surface area contributed by atoms with E-state index < -0.39 is 0 Å². The largest absolute Gasteiger partial charge is 0.367 e. The number of aromatic amines is 1. The number of ketones is 1. The number of nitrogens with one attached hydrogen (secondary N) is 1. The van der Waals surface area contributed by atoms with Crippen molar-refractivity contribution in [3.63, 3.8) is 0 Å². The predicted octanol–water partition coefficient (Wildman–Crippen LogP) is 2.97. The summed E-state index contributed by atoms with van der Waals surface area (Å²) < 4.78 is 13.3. The Bertz CT molecular complexity index is 476. The molecule has 82 valence electrons. The number of Topliss-reactive ketones (excluding diaryl/α,β-unsaturated/α-hetero) is 1. The number of benzene rings is 1. The minimum atomic E-state index is -0.246. The molecule has 0 saturated carbocycles. The smallest absolute Gasteiger partial charge is 0.164 e. The molecule has 1 N–H and O–H groups in total. The van der Waals surface area contributed by atoms with Crippen LogP contribution in [0.1, 0.15) is 22.3 Å². The van der Waals surface area contributed by atoms with Crippen molar-refractivity contribution in [1.29, 1.82) is 0 Å². The second-order valence-corrected chi connectivity index (χ2v) is 3.61. The van der Waals surface area contributed by atoms with E-state index in [9.17, 15) is 9.18 Å². The fourth-order valence-electron chi connectivity index (χ4n) is 1.59. The summed E-state index contributed by atoms with van der Waals surface area (Å²) in [5.41, 5.74) is 1.24. The van der Waals surface area contributed by atoms with E-state index in [0.717, 1.165) is 0 Å². The van der Waals surface area contributed by atoms with Crippen molar-refractivity contribution >= 4 is 5.78 Å². The maximum absolute atomic E-state index is 13.3. The second-order valence-electron chi connectivity index (χ2n) is 3.61. The Morgan fingerprint density at radius 2 is 2.06 bits per heavy atom. The number of H-pyrrole nitrogens is 1. The molecule has 0 radical (unpaired) electrons. The highest BCUT2D eigenvalue weighted by molar-refractivity contribution is 5.95. The number of aryl methyl sites for hydroxylation is 1. The summed E-state index contributed by atoms with van der Waals surface area (Å²) in [5.74, 6) is -0.214. The zero-order valence-corrected chi connectivity index (χ0v) is 8.74. The van der Waals surface area contributed by atoms with Gasteiger partial charge in [0, 0.05) is 24.4 Å². The van der Waals surface area contributed by atoms with Crippen molar-refractivity contribution in [2.75, 3.05) is 0 Å². The predicted molar refractivity (Wildman–Crippen MR) is 59.8 cm³/mol. The first-order valence-electron chi connectivity index (χ1n) is 5.17. The summed E-state index contributed by atoms with van der Waals surface area (Å²) in [4.78, 5) is 14.5. The Balaban J connectivity index is 1.98. The van der Waals surface area contributed by atoms with E-state index in [1.807, 2.05) is 0 Å². The molecule has 0 amide bonds. The zero-order valence-electron chi connectivity index (χ0n) is 8.74. The van der Waals surface area contributed by atoms with Gasteiger partial charge in [0.05, 0.1) is 0 Å². The van der Waals surface area contributed by atoms with Gasteiger partial charge in [-0.05, 0) is 24.1 Å². The van der Waals surface area contributed by atoms with E-state index in [1.165, 1.54) is 6.07 Å². The highest BCUT2D eigenvalue weighted by Crippen LogP contribution is 2.11. The average molecular weight is 217 g/mol. The SMILES string of the molecule is O=C(CCc1ccccc1F)c1cc[nH]c1. The summed E-state index contributed by atoms with van der Waals surface area (Å²) in [6, 6.07) is 8.27. The van der Waals surface area contributed by atoms with Crippen LogP contribution in [0.2, 0.25) is 0 Å². The Morgan fingerprint density at radius 3 is 2.75 bits per heavy atom. The molecule has 0 bridgehead atoms. The van der Waals surface area contributed by atoms with E-state index in [1.54, 1.807) is 36.7 Å². The molecule has 0 aliphatic carbocycles. The molecule has 0 aliphatic heterocycles. The van der Waals surface area contributed by atoms with Crippen molar-refractivity contribution in [3.8, 4) is 0 Å². The third kappa shape index (κ3) is 2.37. The summed E-state index contributed by atoms with van der Waals surface area (Å²) in [6.07, 6.45) is 4.13. The molecule has 2 nitrogen and oxygen atoms in total. The number of aromatic nitrogens is 1. The van der Waals surface area contributed by atoms with Crippen LogP contribution in [-0.4, -0.2) is 10.8 Å². The molecular formula is C13H12FNO. The number of carbonyl (C=O) groups is 1. The molecular weight excluding hydrogens is 205 g/mol. The van der Waals surface area contributed by atoms with Gasteiger partial charge in [-0.25, -0.2) is 4.39 Å². The molecule has 0 spiro atoms. The first-order valence-corrected chi connectivity index (χ1v) is 5.17. The summed E-state index contributed by atoms with van der Waals surface area (Å²) in [5, 5.41) is 0. The van der Waals surface area contributed by atoms with Crippen LogP contribution in [0.15, 0.2) is 42.7 Å². The molecule has 0 unspecified atom stereocenters. The van der Waals surface area contributed by atoms with Gasteiger partial charge in [0.2, 0.25) is 0 Å². The molecule has 0 saturated heterocycles. The third-order valence-corrected chi connectivity index (χ3v) is 2.50. The van der Waals surface area contributed by atoms with E-state index in [-0.39, 0.29) is 11.6 Å². The lowest BCUT2D eigenvalue weighted by molar-refractivity contribution is 0.0983. The molecule has 1 aromatic heterocycles. The van der Waals surface area contributed by atoms with Crippen LogP contribution < -0.4 is 0 Å². The normalized spacial score (nSPS) is 10.3. The Labute approximate surface area is 93.1 Å². The van der Waals surface area contributed by atoms with Crippen LogP contribution in [-0.2, 0) is 6.42 Å². The lowest BCUT2D eigenvalue weighted by atomic mass is 10.0. The van der Waals surface area contributed by atoms with Crippen molar-refractivity contribution in [2.45, 2.75) is 12.8 Å². The molecule has 0 atom stereocenters. The van der Waals surface area contributed by atoms with Gasteiger partial charge < -0.3 is 4.98 Å². The number of hydrogen-bond donors (Lipinski definition) is 1. The van der Waals surface area contributed by atoms with Crippen LogP contribution >= 0.6 is 0 Å². The van der Waals surface area contributed by atoms with Crippen molar-refractivity contribution in [1.82, 2.24) is 4.98 Å². The van der Waals surface area contributed by atoms with Gasteiger partial charge in [-0.2, -0.15) is 0 Å². The molecule has 0 aliphatic rings. The molecule has 1 heterocycles. The first-order chi connectivity index (χ1) is 7.77. The third-order valence-electron chi connectivity index (χ3n) is 2.50. The van der Waals surface area contributed by atoms with Crippen LogP contribution in [0.4, 0.5) is 4.39 Å². The van der Waals surface area contributed by atoms with Gasteiger partial charge >= 0.3 is 0 Å². The van der Waals surface area contributed by atoms with E-state index in [0.29, 0.717) is 24.0 Å². The fraction of sp³-hybridized carbons (Fsp3) is 0.154. The highest BCUT2D eigenvalue weighted by Gasteiger charge is 2.08. The molecule has 1 aromatic carbocycles. The van der Waals surface area contributed by atoms with Crippen LogP contribution in [0.25, 0.3) is 0 Å². The average Bonchev–Trinajstić information content (AvgIpc) is 2.81. The maximum Gasteiger partial charge on any atom is 0.164 e. The van der Waals surface area contributed by atoms with Crippen molar-refractivity contribution in [2.24, 2.45) is 0 Å². The van der Waals surface area contributed by atoms with Crippen molar-refractivity contribution < 1.29 is 9.18 Å². The summed E-state index contributed by atoms with van der Waals surface area (Å²) >= 11 is 0. The van der Waals surface area contributed by atoms with Crippen LogP contribution in [0.5, 0.6) is 0 Å². The zero-order chi connectivity index (χ0) is 11.4. The Kier molecular flexibility index (Phi) is 3.15. The monoisotopic (exact) mass is 217 g/mol. The Hall–Kier alpha value is -1.90. The van der Waals surface area contributed by atoms with E-state index >= 15 is 0 Å².